The van der Waals surface area contributed by atoms with Gasteiger partial charge in [0, 0.05) is 50.9 Å². The zero-order valence-corrected chi connectivity index (χ0v) is 17.8. The third kappa shape index (κ3) is 4.61. The predicted octanol–water partition coefficient (Wildman–Crippen LogP) is 2.44. The van der Waals surface area contributed by atoms with Crippen molar-refractivity contribution in [2.45, 2.75) is 51.1 Å². The number of halogens is 3. The standard InChI is InChI=1S/C21H25F3N6O2/c1-13-11-25-20(26-12-13)30-9-7-29(8-10-30)16(31)4-2-3-14-5-6-15-17(21(22,23)24)19(32)28-27-18(14)15/h11-12,14H,2-10H2,1H3,(H,28,32)/t14-/m1/s1. The van der Waals surface area contributed by atoms with E-state index in [1.165, 1.54) is 0 Å². The molecular formula is C21H25F3N6O2. The van der Waals surface area contributed by atoms with Gasteiger partial charge in [-0.05, 0) is 43.7 Å². The number of amides is 1. The number of hydrogen-bond donors (Lipinski definition) is 1. The molecule has 1 fully saturated rings. The number of carbonyl (C=O) groups is 1. The summed E-state index contributed by atoms with van der Waals surface area (Å²) in [5, 5.41) is 5.89. The molecule has 1 atom stereocenters. The van der Waals surface area contributed by atoms with Crippen LogP contribution < -0.4 is 10.5 Å². The van der Waals surface area contributed by atoms with Gasteiger partial charge in [-0.25, -0.2) is 15.1 Å². The van der Waals surface area contributed by atoms with E-state index in [1.54, 1.807) is 12.4 Å². The molecule has 3 heterocycles. The predicted molar refractivity (Wildman–Crippen MR) is 110 cm³/mol. The highest BCUT2D eigenvalue weighted by Gasteiger charge is 2.41. The fraction of sp³-hybridized carbons (Fsp3) is 0.571. The lowest BCUT2D eigenvalue weighted by molar-refractivity contribution is -0.139. The molecule has 2 aromatic heterocycles. The lowest BCUT2D eigenvalue weighted by Gasteiger charge is -2.34. The molecule has 1 N–H and O–H groups in total. The number of rotatable bonds is 5. The van der Waals surface area contributed by atoms with E-state index in [-0.39, 0.29) is 23.8 Å². The Balaban J connectivity index is 1.28. The Kier molecular flexibility index (Phi) is 6.16. The summed E-state index contributed by atoms with van der Waals surface area (Å²) >= 11 is 0. The van der Waals surface area contributed by atoms with Crippen molar-refractivity contribution in [1.82, 2.24) is 25.1 Å². The summed E-state index contributed by atoms with van der Waals surface area (Å²) in [5.74, 6) is 0.524. The van der Waals surface area contributed by atoms with E-state index in [2.05, 4.69) is 15.1 Å². The molecule has 2 aromatic rings. The maximum absolute atomic E-state index is 13.2. The second kappa shape index (κ2) is 8.87. The second-order valence-corrected chi connectivity index (χ2v) is 8.35. The van der Waals surface area contributed by atoms with Crippen LogP contribution in [0.25, 0.3) is 0 Å². The van der Waals surface area contributed by atoms with E-state index in [0.29, 0.717) is 63.5 Å². The lowest BCUT2D eigenvalue weighted by atomic mass is 9.98. The monoisotopic (exact) mass is 450 g/mol. The van der Waals surface area contributed by atoms with Crippen molar-refractivity contribution < 1.29 is 18.0 Å². The van der Waals surface area contributed by atoms with Crippen LogP contribution in [0.4, 0.5) is 19.1 Å². The number of hydrogen-bond acceptors (Lipinski definition) is 6. The highest BCUT2D eigenvalue weighted by molar-refractivity contribution is 5.76. The molecule has 0 radical (unpaired) electrons. The molecule has 0 bridgehead atoms. The van der Waals surface area contributed by atoms with Crippen molar-refractivity contribution in [2.75, 3.05) is 31.1 Å². The molecule has 0 unspecified atom stereocenters. The van der Waals surface area contributed by atoms with Gasteiger partial charge >= 0.3 is 6.18 Å². The van der Waals surface area contributed by atoms with Gasteiger partial charge in [0.1, 0.15) is 5.56 Å². The number of nitrogens with zero attached hydrogens (tertiary/aromatic N) is 5. The summed E-state index contributed by atoms with van der Waals surface area (Å²) in [6.45, 7) is 4.40. The van der Waals surface area contributed by atoms with Crippen LogP contribution in [0.3, 0.4) is 0 Å². The van der Waals surface area contributed by atoms with Crippen LogP contribution in [-0.4, -0.2) is 57.2 Å². The largest absolute Gasteiger partial charge is 0.422 e. The maximum atomic E-state index is 13.2. The van der Waals surface area contributed by atoms with Gasteiger partial charge in [-0.15, -0.1) is 0 Å². The Hall–Kier alpha value is -2.98. The average Bonchev–Trinajstić information content (AvgIpc) is 3.16. The summed E-state index contributed by atoms with van der Waals surface area (Å²) in [5.41, 5.74) is -1.01. The van der Waals surface area contributed by atoms with Crippen molar-refractivity contribution in [3.05, 3.63) is 45.1 Å². The van der Waals surface area contributed by atoms with Gasteiger partial charge in [-0.1, -0.05) is 0 Å². The Morgan fingerprint density at radius 3 is 2.53 bits per heavy atom. The minimum Gasteiger partial charge on any atom is -0.339 e. The van der Waals surface area contributed by atoms with E-state index in [4.69, 9.17) is 0 Å². The molecular weight excluding hydrogens is 425 g/mol. The molecule has 2 aliphatic rings. The first-order valence-corrected chi connectivity index (χ1v) is 10.7. The summed E-state index contributed by atoms with van der Waals surface area (Å²) in [4.78, 5) is 36.7. The third-order valence-corrected chi connectivity index (χ3v) is 6.15. The fourth-order valence-electron chi connectivity index (χ4n) is 4.49. The SMILES string of the molecule is Cc1cnc(N2CCN(C(=O)CCC[C@@H]3CCc4c3n[nH]c(=O)c4C(F)(F)F)CC2)nc1. The van der Waals surface area contributed by atoms with E-state index in [9.17, 15) is 22.8 Å². The number of H-pyrrole nitrogens is 1. The molecule has 4 rings (SSSR count). The number of piperazine rings is 1. The second-order valence-electron chi connectivity index (χ2n) is 8.35. The number of aryl methyl sites for hydroxylation is 1. The van der Waals surface area contributed by atoms with Gasteiger partial charge in [0.2, 0.25) is 11.9 Å². The quantitative estimate of drug-likeness (QED) is 0.752. The first kappa shape index (κ1) is 22.2. The smallest absolute Gasteiger partial charge is 0.339 e. The molecule has 0 saturated carbocycles. The Morgan fingerprint density at radius 2 is 1.88 bits per heavy atom. The van der Waals surface area contributed by atoms with Gasteiger partial charge in [0.25, 0.3) is 5.56 Å². The fourth-order valence-corrected chi connectivity index (χ4v) is 4.49. The molecule has 1 aliphatic carbocycles. The van der Waals surface area contributed by atoms with E-state index in [0.717, 1.165) is 5.56 Å². The molecule has 1 aliphatic heterocycles. The normalized spacial score (nSPS) is 18.7. The molecule has 8 nitrogen and oxygen atoms in total. The average molecular weight is 450 g/mol. The van der Waals surface area contributed by atoms with Gasteiger partial charge in [0.05, 0.1) is 5.69 Å². The topological polar surface area (TPSA) is 95.1 Å². The zero-order chi connectivity index (χ0) is 22.9. The number of nitrogens with one attached hydrogen (secondary N) is 1. The molecule has 0 spiro atoms. The summed E-state index contributed by atoms with van der Waals surface area (Å²) < 4.78 is 39.7. The first-order chi connectivity index (χ1) is 15.2. The van der Waals surface area contributed by atoms with Crippen molar-refractivity contribution in [2.24, 2.45) is 0 Å². The number of carbonyl (C=O) groups excluding carboxylic acids is 1. The molecule has 0 aromatic carbocycles. The van der Waals surface area contributed by atoms with Crippen LogP contribution in [0.15, 0.2) is 17.2 Å². The highest BCUT2D eigenvalue weighted by atomic mass is 19.4. The van der Waals surface area contributed by atoms with Crippen LogP contribution in [0.5, 0.6) is 0 Å². The van der Waals surface area contributed by atoms with Crippen molar-refractivity contribution >= 4 is 11.9 Å². The summed E-state index contributed by atoms with van der Waals surface area (Å²) in [7, 11) is 0. The van der Waals surface area contributed by atoms with E-state index < -0.39 is 17.3 Å². The summed E-state index contributed by atoms with van der Waals surface area (Å²) in [6.07, 6.45) is 0.986. The molecule has 1 saturated heterocycles. The molecule has 11 heteroatoms. The van der Waals surface area contributed by atoms with Crippen molar-refractivity contribution in [3.63, 3.8) is 0 Å². The van der Waals surface area contributed by atoms with Crippen LogP contribution in [0.1, 0.15) is 54.0 Å². The van der Waals surface area contributed by atoms with Crippen molar-refractivity contribution in [3.8, 4) is 0 Å². The number of alkyl halides is 3. The van der Waals surface area contributed by atoms with Crippen LogP contribution in [0.2, 0.25) is 0 Å². The van der Waals surface area contributed by atoms with Gasteiger partial charge < -0.3 is 9.80 Å². The van der Waals surface area contributed by atoms with Gasteiger partial charge in [-0.3, -0.25) is 9.59 Å². The first-order valence-electron chi connectivity index (χ1n) is 10.7. The summed E-state index contributed by atoms with van der Waals surface area (Å²) in [6, 6.07) is 0. The minimum atomic E-state index is -4.70. The lowest BCUT2D eigenvalue weighted by Crippen LogP contribution is -2.49. The highest BCUT2D eigenvalue weighted by Crippen LogP contribution is 2.40. The Bertz CT molecular complexity index is 1030. The van der Waals surface area contributed by atoms with E-state index >= 15 is 0 Å². The van der Waals surface area contributed by atoms with Gasteiger partial charge in [-0.2, -0.15) is 18.3 Å². The zero-order valence-electron chi connectivity index (χ0n) is 17.8. The number of fused-ring (bicyclic) bond motifs is 1. The maximum Gasteiger partial charge on any atom is 0.422 e. The van der Waals surface area contributed by atoms with Crippen LogP contribution in [0, 0.1) is 6.92 Å². The molecule has 172 valence electrons. The molecule has 32 heavy (non-hydrogen) atoms. The number of aromatic amines is 1. The molecule has 1 amide bonds. The third-order valence-electron chi connectivity index (χ3n) is 6.15. The minimum absolute atomic E-state index is 0.00650. The number of aromatic nitrogens is 4. The van der Waals surface area contributed by atoms with Gasteiger partial charge in [0.15, 0.2) is 0 Å². The number of anilines is 1. The van der Waals surface area contributed by atoms with E-state index in [1.807, 2.05) is 21.8 Å². The van der Waals surface area contributed by atoms with Crippen molar-refractivity contribution in [1.29, 1.82) is 0 Å². The van der Waals surface area contributed by atoms with Crippen LogP contribution in [-0.2, 0) is 17.4 Å². The Labute approximate surface area is 182 Å². The van der Waals surface area contributed by atoms with Crippen LogP contribution >= 0.6 is 0 Å². The Morgan fingerprint density at radius 1 is 1.19 bits per heavy atom.